The van der Waals surface area contributed by atoms with E-state index in [1.54, 1.807) is 19.2 Å². The fraction of sp³-hybridized carbons (Fsp3) is 0.286. The second-order valence-electron chi connectivity index (χ2n) is 6.98. The molecule has 1 amide bonds. The normalized spacial score (nSPS) is 15.0. The van der Waals surface area contributed by atoms with Gasteiger partial charge in [0.15, 0.2) is 0 Å². The lowest BCUT2D eigenvalue weighted by atomic mass is 9.95. The van der Waals surface area contributed by atoms with Crippen molar-refractivity contribution in [2.24, 2.45) is 0 Å². The van der Waals surface area contributed by atoms with Crippen LogP contribution in [0.5, 0.6) is 5.75 Å². The molecule has 0 unspecified atom stereocenters. The van der Waals surface area contributed by atoms with Gasteiger partial charge in [0, 0.05) is 29.1 Å². The van der Waals surface area contributed by atoms with Crippen molar-refractivity contribution in [2.45, 2.75) is 24.7 Å². The van der Waals surface area contributed by atoms with E-state index in [1.165, 1.54) is 17.7 Å². The summed E-state index contributed by atoms with van der Waals surface area (Å²) in [6, 6.07) is 12.2. The molecule has 2 N–H and O–H groups in total. The average Bonchev–Trinajstić information content (AvgIpc) is 3.30. The van der Waals surface area contributed by atoms with Gasteiger partial charge >= 0.3 is 0 Å². The van der Waals surface area contributed by atoms with Gasteiger partial charge in [-0.3, -0.25) is 4.79 Å². The van der Waals surface area contributed by atoms with E-state index in [0.29, 0.717) is 12.1 Å². The van der Waals surface area contributed by atoms with Crippen molar-refractivity contribution in [3.05, 3.63) is 65.6 Å². The molecule has 2 aromatic carbocycles. The van der Waals surface area contributed by atoms with Gasteiger partial charge in [-0.05, 0) is 54.3 Å². The molecule has 1 fully saturated rings. The molecule has 0 saturated heterocycles. The van der Waals surface area contributed by atoms with Crippen LogP contribution in [0.3, 0.4) is 0 Å². The first kappa shape index (κ1) is 16.6. The van der Waals surface area contributed by atoms with Crippen molar-refractivity contribution in [2.75, 3.05) is 13.7 Å². The second-order valence-corrected chi connectivity index (χ2v) is 6.98. The quantitative estimate of drug-likeness (QED) is 0.711. The van der Waals surface area contributed by atoms with E-state index in [9.17, 15) is 9.18 Å². The Balaban J connectivity index is 1.47. The third kappa shape index (κ3) is 3.17. The molecule has 0 spiro atoms. The van der Waals surface area contributed by atoms with Crippen LogP contribution in [0.1, 0.15) is 24.0 Å². The maximum Gasteiger partial charge on any atom is 0.224 e. The molecule has 1 heterocycles. The number of hydrogen-bond acceptors (Lipinski definition) is 2. The number of nitrogens with one attached hydrogen (secondary N) is 2. The van der Waals surface area contributed by atoms with Crippen LogP contribution in [0.2, 0.25) is 0 Å². The molecule has 4 rings (SSSR count). The molecule has 26 heavy (non-hydrogen) atoms. The Morgan fingerprint density at radius 2 is 2.12 bits per heavy atom. The van der Waals surface area contributed by atoms with Gasteiger partial charge in [0.1, 0.15) is 11.6 Å². The molecular formula is C21H21FN2O2. The molecule has 3 aromatic rings. The lowest BCUT2D eigenvalue weighted by molar-refractivity contribution is -0.120. The summed E-state index contributed by atoms with van der Waals surface area (Å²) in [4.78, 5) is 15.6. The number of H-pyrrole nitrogens is 1. The van der Waals surface area contributed by atoms with E-state index < -0.39 is 0 Å². The first-order valence-corrected chi connectivity index (χ1v) is 8.76. The fourth-order valence-electron chi connectivity index (χ4n) is 3.52. The first-order chi connectivity index (χ1) is 12.6. The Kier molecular flexibility index (Phi) is 4.15. The average molecular weight is 352 g/mol. The van der Waals surface area contributed by atoms with Gasteiger partial charge < -0.3 is 15.0 Å². The Morgan fingerprint density at radius 1 is 1.27 bits per heavy atom. The van der Waals surface area contributed by atoms with Crippen molar-refractivity contribution in [3.63, 3.8) is 0 Å². The summed E-state index contributed by atoms with van der Waals surface area (Å²) < 4.78 is 18.6. The van der Waals surface area contributed by atoms with E-state index in [4.69, 9.17) is 4.74 Å². The number of rotatable bonds is 6. The molecule has 1 aliphatic rings. The fourth-order valence-corrected chi connectivity index (χ4v) is 3.52. The zero-order valence-corrected chi connectivity index (χ0v) is 14.6. The zero-order valence-electron chi connectivity index (χ0n) is 14.6. The molecule has 134 valence electrons. The van der Waals surface area contributed by atoms with Crippen molar-refractivity contribution < 1.29 is 13.9 Å². The van der Waals surface area contributed by atoms with Crippen LogP contribution in [0, 0.1) is 5.82 Å². The lowest BCUT2D eigenvalue weighted by Gasteiger charge is -2.16. The van der Waals surface area contributed by atoms with Crippen LogP contribution in [0.4, 0.5) is 4.39 Å². The van der Waals surface area contributed by atoms with Gasteiger partial charge in [0.05, 0.1) is 13.5 Å². The molecule has 0 bridgehead atoms. The highest BCUT2D eigenvalue weighted by Crippen LogP contribution is 2.50. The van der Waals surface area contributed by atoms with Gasteiger partial charge in [-0.25, -0.2) is 4.39 Å². The van der Waals surface area contributed by atoms with E-state index in [-0.39, 0.29) is 23.6 Å². The number of methoxy groups -OCH3 is 1. The highest BCUT2D eigenvalue weighted by molar-refractivity contribution is 5.86. The minimum atomic E-state index is -0.318. The molecule has 1 aliphatic carbocycles. The number of hydrogen-bond donors (Lipinski definition) is 2. The predicted molar refractivity (Wildman–Crippen MR) is 98.9 cm³/mol. The summed E-state index contributed by atoms with van der Waals surface area (Å²) in [7, 11) is 1.66. The Morgan fingerprint density at radius 3 is 2.85 bits per heavy atom. The smallest absolute Gasteiger partial charge is 0.224 e. The van der Waals surface area contributed by atoms with Crippen LogP contribution in [0.25, 0.3) is 10.9 Å². The number of halogens is 1. The van der Waals surface area contributed by atoms with E-state index >= 15 is 0 Å². The van der Waals surface area contributed by atoms with Gasteiger partial charge in [-0.1, -0.05) is 12.1 Å². The minimum Gasteiger partial charge on any atom is -0.497 e. The molecule has 0 aliphatic heterocycles. The van der Waals surface area contributed by atoms with Gasteiger partial charge in [0.25, 0.3) is 0 Å². The van der Waals surface area contributed by atoms with Crippen molar-refractivity contribution in [1.82, 2.24) is 10.3 Å². The minimum absolute atomic E-state index is 0.0256. The van der Waals surface area contributed by atoms with Crippen molar-refractivity contribution in [1.29, 1.82) is 0 Å². The monoisotopic (exact) mass is 352 g/mol. The number of ether oxygens (including phenoxy) is 1. The number of aromatic amines is 1. The summed E-state index contributed by atoms with van der Waals surface area (Å²) in [6.07, 6.45) is 4.31. The van der Waals surface area contributed by atoms with Gasteiger partial charge in [-0.15, -0.1) is 0 Å². The maximum absolute atomic E-state index is 13.3. The van der Waals surface area contributed by atoms with Crippen molar-refractivity contribution >= 4 is 16.8 Å². The molecule has 1 aromatic heterocycles. The molecule has 5 heteroatoms. The van der Waals surface area contributed by atoms with Crippen LogP contribution >= 0.6 is 0 Å². The zero-order chi connectivity index (χ0) is 18.1. The number of aromatic nitrogens is 1. The summed E-state index contributed by atoms with van der Waals surface area (Å²) in [5, 5.41) is 4.17. The molecule has 0 radical (unpaired) electrons. The van der Waals surface area contributed by atoms with Crippen LogP contribution in [0.15, 0.2) is 48.7 Å². The number of amides is 1. The number of carbonyl (C=O) groups is 1. The highest BCUT2D eigenvalue weighted by Gasteiger charge is 2.45. The predicted octanol–water partition coefficient (Wildman–Crippen LogP) is 3.71. The molecule has 0 atom stereocenters. The number of fused-ring (bicyclic) bond motifs is 1. The molecule has 4 nitrogen and oxygen atoms in total. The standard InChI is InChI=1S/C21H21FN2O2/c1-26-16-5-6-19-17(11-16)18(12-23-19)21(7-8-21)13-24-20(25)10-14-3-2-4-15(22)9-14/h2-6,9,11-12,23H,7-8,10,13H2,1H3,(H,24,25). The Bertz CT molecular complexity index is 960. The third-order valence-electron chi connectivity index (χ3n) is 5.19. The van der Waals surface area contributed by atoms with Crippen LogP contribution in [-0.2, 0) is 16.6 Å². The first-order valence-electron chi connectivity index (χ1n) is 8.76. The van der Waals surface area contributed by atoms with E-state index in [1.807, 2.05) is 24.4 Å². The number of carbonyl (C=O) groups excluding carboxylic acids is 1. The molecule has 1 saturated carbocycles. The van der Waals surface area contributed by atoms with E-state index in [0.717, 1.165) is 29.5 Å². The number of benzene rings is 2. The van der Waals surface area contributed by atoms with Crippen LogP contribution in [-0.4, -0.2) is 24.5 Å². The molecular weight excluding hydrogens is 331 g/mol. The highest BCUT2D eigenvalue weighted by atomic mass is 19.1. The van der Waals surface area contributed by atoms with Gasteiger partial charge in [-0.2, -0.15) is 0 Å². The van der Waals surface area contributed by atoms with Gasteiger partial charge in [0.2, 0.25) is 5.91 Å². The SMILES string of the molecule is COc1ccc2[nH]cc(C3(CNC(=O)Cc4cccc(F)c4)CC3)c2c1. The van der Waals surface area contributed by atoms with Crippen molar-refractivity contribution in [3.8, 4) is 5.75 Å². The third-order valence-corrected chi connectivity index (χ3v) is 5.19. The van der Waals surface area contributed by atoms with E-state index in [2.05, 4.69) is 10.3 Å². The summed E-state index contributed by atoms with van der Waals surface area (Å²) in [5.74, 6) is 0.422. The topological polar surface area (TPSA) is 54.1 Å². The summed E-state index contributed by atoms with van der Waals surface area (Å²) in [5.41, 5.74) is 2.95. The largest absolute Gasteiger partial charge is 0.497 e. The summed E-state index contributed by atoms with van der Waals surface area (Å²) >= 11 is 0. The lowest BCUT2D eigenvalue weighted by Crippen LogP contribution is -2.33. The summed E-state index contributed by atoms with van der Waals surface area (Å²) in [6.45, 7) is 0.589. The Hall–Kier alpha value is -2.82. The second kappa shape index (κ2) is 6.48. The maximum atomic E-state index is 13.3. The Labute approximate surface area is 151 Å². The van der Waals surface area contributed by atoms with Crippen LogP contribution < -0.4 is 10.1 Å².